The minimum atomic E-state index is 0.866. The first kappa shape index (κ1) is 13.4. The zero-order valence-corrected chi connectivity index (χ0v) is 13.3. The van der Waals surface area contributed by atoms with Crippen LogP contribution in [0.5, 0.6) is 0 Å². The maximum absolute atomic E-state index is 4.54. The van der Waals surface area contributed by atoms with Gasteiger partial charge < -0.3 is 4.57 Å². The van der Waals surface area contributed by atoms with Crippen LogP contribution in [0.4, 0.5) is 0 Å². The average Bonchev–Trinajstić information content (AvgIpc) is 2.74. The van der Waals surface area contributed by atoms with E-state index >= 15 is 0 Å². The fraction of sp³-hybridized carbons (Fsp3) is 0.500. The molecule has 0 N–H and O–H groups in total. The molecule has 2 rings (SSSR count). The highest BCUT2D eigenvalue weighted by Crippen LogP contribution is 2.24. The zero-order chi connectivity index (χ0) is 13.4. The van der Waals surface area contributed by atoms with Gasteiger partial charge in [0.05, 0.1) is 22.4 Å². The van der Waals surface area contributed by atoms with E-state index in [1.165, 1.54) is 22.5 Å². The maximum Gasteiger partial charge on any atom is 0.0767 e. The van der Waals surface area contributed by atoms with Gasteiger partial charge in [-0.3, -0.25) is 4.68 Å². The number of nitrogens with zero attached hydrogens (tertiary/aromatic N) is 3. The van der Waals surface area contributed by atoms with Crippen molar-refractivity contribution in [2.24, 2.45) is 7.05 Å². The summed E-state index contributed by atoms with van der Waals surface area (Å²) in [6, 6.07) is 0. The Bertz CT molecular complexity index is 578. The van der Waals surface area contributed by atoms with E-state index in [0.29, 0.717) is 0 Å². The molecule has 0 unspecified atom stereocenters. The van der Waals surface area contributed by atoms with Gasteiger partial charge in [-0.2, -0.15) is 5.10 Å². The van der Waals surface area contributed by atoms with Crippen molar-refractivity contribution in [2.45, 2.75) is 40.7 Å². The molecule has 0 spiro atoms. The first-order valence-corrected chi connectivity index (χ1v) is 7.08. The van der Waals surface area contributed by atoms with Crippen LogP contribution in [0.15, 0.2) is 10.7 Å². The van der Waals surface area contributed by atoms with E-state index in [9.17, 15) is 0 Å². The van der Waals surface area contributed by atoms with Gasteiger partial charge in [0.2, 0.25) is 0 Å². The predicted octanol–water partition coefficient (Wildman–Crippen LogP) is 3.52. The van der Waals surface area contributed by atoms with E-state index in [1.54, 1.807) is 0 Å². The third kappa shape index (κ3) is 2.14. The van der Waals surface area contributed by atoms with Crippen LogP contribution < -0.4 is 0 Å². The Hall–Kier alpha value is -1.03. The Labute approximate surface area is 117 Å². The molecule has 0 radical (unpaired) electrons. The summed E-state index contributed by atoms with van der Waals surface area (Å²) >= 11 is 3.67. The van der Waals surface area contributed by atoms with Gasteiger partial charge in [-0.1, -0.05) is 6.92 Å². The molecular weight excluding hydrogens is 290 g/mol. The number of aryl methyl sites for hydroxylation is 3. The van der Waals surface area contributed by atoms with Gasteiger partial charge in [0.25, 0.3) is 0 Å². The van der Waals surface area contributed by atoms with Crippen molar-refractivity contribution >= 4 is 15.9 Å². The normalized spacial score (nSPS) is 11.2. The van der Waals surface area contributed by atoms with Crippen molar-refractivity contribution in [1.82, 2.24) is 14.3 Å². The Morgan fingerprint density at radius 1 is 1.28 bits per heavy atom. The molecule has 4 heteroatoms. The van der Waals surface area contributed by atoms with Crippen molar-refractivity contribution in [3.05, 3.63) is 38.9 Å². The molecule has 3 nitrogen and oxygen atoms in total. The summed E-state index contributed by atoms with van der Waals surface area (Å²) in [6.07, 6.45) is 3.17. The van der Waals surface area contributed by atoms with Crippen LogP contribution in [0.3, 0.4) is 0 Å². The molecule has 0 atom stereocenters. The summed E-state index contributed by atoms with van der Waals surface area (Å²) < 4.78 is 5.43. The van der Waals surface area contributed by atoms with Crippen molar-refractivity contribution in [1.29, 1.82) is 0 Å². The fourth-order valence-corrected chi connectivity index (χ4v) is 2.99. The fourth-order valence-electron chi connectivity index (χ4n) is 2.25. The molecule has 2 aromatic rings. The number of rotatable bonds is 3. The Morgan fingerprint density at radius 3 is 2.39 bits per heavy atom. The summed E-state index contributed by atoms with van der Waals surface area (Å²) in [7, 11) is 2.01. The van der Waals surface area contributed by atoms with Crippen molar-refractivity contribution < 1.29 is 0 Å². The molecule has 0 aliphatic heterocycles. The smallest absolute Gasteiger partial charge is 0.0767 e. The van der Waals surface area contributed by atoms with Crippen molar-refractivity contribution in [2.75, 3.05) is 0 Å². The van der Waals surface area contributed by atoms with E-state index in [-0.39, 0.29) is 0 Å². The number of hydrogen-bond acceptors (Lipinski definition) is 1. The minimum Gasteiger partial charge on any atom is -0.345 e. The Kier molecular flexibility index (Phi) is 3.66. The standard InChI is InChI=1S/C14H20BrN3/c1-6-12-14(15)13(17(5)16-12)8-18-7-9(2)10(3)11(18)4/h7H,6,8H2,1-5H3. The second-order valence-corrected chi connectivity index (χ2v) is 5.63. The van der Waals surface area contributed by atoms with Gasteiger partial charge in [0.1, 0.15) is 0 Å². The number of aromatic nitrogens is 3. The molecule has 0 aliphatic rings. The van der Waals surface area contributed by atoms with Gasteiger partial charge in [0, 0.05) is 18.9 Å². The molecule has 2 aromatic heterocycles. The second kappa shape index (κ2) is 4.92. The van der Waals surface area contributed by atoms with E-state index in [1.807, 2.05) is 11.7 Å². The lowest BCUT2D eigenvalue weighted by molar-refractivity contribution is 0.652. The maximum atomic E-state index is 4.54. The lowest BCUT2D eigenvalue weighted by Gasteiger charge is -2.07. The SMILES string of the molecule is CCc1nn(C)c(Cn2cc(C)c(C)c2C)c1Br. The van der Waals surface area contributed by atoms with Gasteiger partial charge in [-0.15, -0.1) is 0 Å². The molecule has 2 heterocycles. The quantitative estimate of drug-likeness (QED) is 0.850. The monoisotopic (exact) mass is 309 g/mol. The summed E-state index contributed by atoms with van der Waals surface area (Å²) in [4.78, 5) is 0. The average molecular weight is 310 g/mol. The number of hydrogen-bond donors (Lipinski definition) is 0. The largest absolute Gasteiger partial charge is 0.345 e. The molecule has 0 aromatic carbocycles. The highest BCUT2D eigenvalue weighted by Gasteiger charge is 2.14. The van der Waals surface area contributed by atoms with Crippen molar-refractivity contribution in [3.8, 4) is 0 Å². The lowest BCUT2D eigenvalue weighted by Crippen LogP contribution is -2.06. The molecule has 0 saturated carbocycles. The summed E-state index contributed by atoms with van der Waals surface area (Å²) in [5, 5.41) is 4.54. The summed E-state index contributed by atoms with van der Waals surface area (Å²) in [5.41, 5.74) is 6.42. The second-order valence-electron chi connectivity index (χ2n) is 4.83. The van der Waals surface area contributed by atoms with Crippen LogP contribution in [0.2, 0.25) is 0 Å². The van der Waals surface area contributed by atoms with E-state index in [2.05, 4.69) is 59.5 Å². The summed E-state index contributed by atoms with van der Waals surface area (Å²) in [6.45, 7) is 9.51. The summed E-state index contributed by atoms with van der Waals surface area (Å²) in [5.74, 6) is 0. The number of halogens is 1. The van der Waals surface area contributed by atoms with Crippen LogP contribution >= 0.6 is 15.9 Å². The Balaban J connectivity index is 2.40. The highest BCUT2D eigenvalue weighted by molar-refractivity contribution is 9.10. The third-order valence-corrected chi connectivity index (χ3v) is 4.65. The van der Waals surface area contributed by atoms with E-state index < -0.39 is 0 Å². The molecular formula is C14H20BrN3. The van der Waals surface area contributed by atoms with E-state index in [4.69, 9.17) is 0 Å². The van der Waals surface area contributed by atoms with Gasteiger partial charge in [-0.05, 0) is 54.2 Å². The molecule has 98 valence electrons. The first-order valence-electron chi connectivity index (χ1n) is 6.28. The molecule has 0 saturated heterocycles. The zero-order valence-electron chi connectivity index (χ0n) is 11.7. The highest BCUT2D eigenvalue weighted by atomic mass is 79.9. The van der Waals surface area contributed by atoms with Crippen LogP contribution in [0.1, 0.15) is 35.1 Å². The van der Waals surface area contributed by atoms with Crippen molar-refractivity contribution in [3.63, 3.8) is 0 Å². The molecule has 0 fully saturated rings. The van der Waals surface area contributed by atoms with E-state index in [0.717, 1.165) is 23.1 Å². The molecule has 0 aliphatic carbocycles. The van der Waals surface area contributed by atoms with Gasteiger partial charge >= 0.3 is 0 Å². The Morgan fingerprint density at radius 2 is 1.94 bits per heavy atom. The van der Waals surface area contributed by atoms with Crippen LogP contribution in [-0.2, 0) is 20.0 Å². The van der Waals surface area contributed by atoms with Crippen LogP contribution in [0, 0.1) is 20.8 Å². The third-order valence-electron chi connectivity index (χ3n) is 3.74. The minimum absolute atomic E-state index is 0.866. The molecule has 0 amide bonds. The lowest BCUT2D eigenvalue weighted by atomic mass is 10.2. The van der Waals surface area contributed by atoms with Crippen LogP contribution in [-0.4, -0.2) is 14.3 Å². The van der Waals surface area contributed by atoms with Gasteiger partial charge in [-0.25, -0.2) is 0 Å². The first-order chi connectivity index (χ1) is 8.45. The van der Waals surface area contributed by atoms with Crippen LogP contribution in [0.25, 0.3) is 0 Å². The predicted molar refractivity (Wildman–Crippen MR) is 78.0 cm³/mol. The molecule has 18 heavy (non-hydrogen) atoms. The van der Waals surface area contributed by atoms with Gasteiger partial charge in [0.15, 0.2) is 0 Å². The topological polar surface area (TPSA) is 22.8 Å². The molecule has 0 bridgehead atoms.